The Bertz CT molecular complexity index is 867. The van der Waals surface area contributed by atoms with Crippen molar-refractivity contribution in [2.24, 2.45) is 0 Å². The Morgan fingerprint density at radius 3 is 2.53 bits per heavy atom. The highest BCUT2D eigenvalue weighted by atomic mass is 16.6. The van der Waals surface area contributed by atoms with Gasteiger partial charge in [0.15, 0.2) is 5.78 Å². The number of aliphatic hydroxyl groups is 1. The molecule has 2 rings (SSSR count). The monoisotopic (exact) mass is 443 g/mol. The van der Waals surface area contributed by atoms with Crippen molar-refractivity contribution in [2.45, 2.75) is 31.8 Å². The van der Waals surface area contributed by atoms with Crippen LogP contribution in [0.3, 0.4) is 0 Å². The number of para-hydroxylation sites is 1. The number of likely N-dealkylation sites (N-methyl/N-ethyl adjacent to an activating group) is 1. The van der Waals surface area contributed by atoms with E-state index in [2.05, 4.69) is 6.07 Å². The fourth-order valence-electron chi connectivity index (χ4n) is 3.24. The first-order valence-electron chi connectivity index (χ1n) is 10.7. The highest BCUT2D eigenvalue weighted by molar-refractivity contribution is 5.83. The second-order valence-corrected chi connectivity index (χ2v) is 7.84. The number of aryl methyl sites for hydroxylation is 2. The number of nitrogens with zero attached hydrogens (tertiary/aromatic N) is 1. The number of aliphatic hydroxyl groups excluding tert-OH is 1. The molecule has 7 nitrogen and oxygen atoms in total. The molecule has 0 saturated carbocycles. The lowest BCUT2D eigenvalue weighted by Crippen LogP contribution is -2.35. The van der Waals surface area contributed by atoms with Crippen molar-refractivity contribution in [1.29, 1.82) is 0 Å². The standard InChI is InChI=1S/C25H33NO6/c1-26(2)16-23(32-25(29)14-13-21(28)17-27)18-31-24-10-5-4-8-20(24)12-11-19-7-6-9-22(15-19)30-3/h4-10,15,23,27H,11-14,16-18H2,1-3H3. The number of hydrogen-bond acceptors (Lipinski definition) is 7. The molecule has 32 heavy (non-hydrogen) atoms. The number of carbonyl (C=O) groups excluding carboxylic acids is 2. The molecule has 0 radical (unpaired) electrons. The molecule has 0 aliphatic heterocycles. The van der Waals surface area contributed by atoms with Gasteiger partial charge < -0.3 is 24.2 Å². The van der Waals surface area contributed by atoms with Crippen molar-refractivity contribution in [3.05, 3.63) is 59.7 Å². The van der Waals surface area contributed by atoms with Crippen molar-refractivity contribution < 1.29 is 28.9 Å². The van der Waals surface area contributed by atoms with Crippen LogP contribution in [-0.4, -0.2) is 68.8 Å². The summed E-state index contributed by atoms with van der Waals surface area (Å²) < 4.78 is 16.9. The Hall–Kier alpha value is -2.90. The summed E-state index contributed by atoms with van der Waals surface area (Å²) in [6.45, 7) is 0.129. The van der Waals surface area contributed by atoms with Gasteiger partial charge >= 0.3 is 5.97 Å². The molecule has 7 heteroatoms. The molecule has 0 aliphatic rings. The molecule has 0 bridgehead atoms. The normalized spacial score (nSPS) is 11.8. The van der Waals surface area contributed by atoms with Gasteiger partial charge in [0.05, 0.1) is 13.5 Å². The maximum atomic E-state index is 12.1. The summed E-state index contributed by atoms with van der Waals surface area (Å²) in [5.41, 5.74) is 2.25. The van der Waals surface area contributed by atoms with E-state index in [0.29, 0.717) is 6.54 Å². The number of carbonyl (C=O) groups is 2. The predicted octanol–water partition coefficient (Wildman–Crippen LogP) is 2.67. The van der Waals surface area contributed by atoms with Crippen LogP contribution >= 0.6 is 0 Å². The molecule has 2 aromatic rings. The number of ketones is 1. The highest BCUT2D eigenvalue weighted by Gasteiger charge is 2.18. The SMILES string of the molecule is COc1cccc(CCc2ccccc2OCC(CN(C)C)OC(=O)CCC(=O)CO)c1. The van der Waals surface area contributed by atoms with Crippen LogP contribution in [-0.2, 0) is 27.2 Å². The minimum Gasteiger partial charge on any atom is -0.497 e. The fourth-order valence-corrected chi connectivity index (χ4v) is 3.24. The van der Waals surface area contributed by atoms with Crippen molar-refractivity contribution in [3.63, 3.8) is 0 Å². The summed E-state index contributed by atoms with van der Waals surface area (Å²) in [6.07, 6.45) is 1.07. The van der Waals surface area contributed by atoms with E-state index in [1.54, 1.807) is 7.11 Å². The summed E-state index contributed by atoms with van der Waals surface area (Å²) in [7, 11) is 5.43. The number of rotatable bonds is 14. The van der Waals surface area contributed by atoms with E-state index in [0.717, 1.165) is 29.9 Å². The molecule has 1 N–H and O–H groups in total. The molecule has 0 amide bonds. The van der Waals surface area contributed by atoms with E-state index >= 15 is 0 Å². The minimum absolute atomic E-state index is 0.0298. The zero-order valence-corrected chi connectivity index (χ0v) is 19.1. The maximum absolute atomic E-state index is 12.1. The molecule has 0 saturated heterocycles. The number of hydrogen-bond donors (Lipinski definition) is 1. The van der Waals surface area contributed by atoms with Gasteiger partial charge in [-0.25, -0.2) is 0 Å². The summed E-state index contributed by atoms with van der Waals surface area (Å²) in [6, 6.07) is 15.8. The smallest absolute Gasteiger partial charge is 0.306 e. The molecular formula is C25H33NO6. The second-order valence-electron chi connectivity index (χ2n) is 7.84. The van der Waals surface area contributed by atoms with Crippen LogP contribution in [0.4, 0.5) is 0 Å². The molecular weight excluding hydrogens is 410 g/mol. The first kappa shape index (κ1) is 25.4. The first-order valence-corrected chi connectivity index (χ1v) is 10.7. The average molecular weight is 444 g/mol. The quantitative estimate of drug-likeness (QED) is 0.449. The second kappa shape index (κ2) is 13.5. The third kappa shape index (κ3) is 9.08. The van der Waals surface area contributed by atoms with Crippen LogP contribution in [0.5, 0.6) is 11.5 Å². The molecule has 0 aromatic heterocycles. The molecule has 174 valence electrons. The molecule has 0 spiro atoms. The Morgan fingerprint density at radius 1 is 1.03 bits per heavy atom. The summed E-state index contributed by atoms with van der Waals surface area (Å²) >= 11 is 0. The van der Waals surface area contributed by atoms with Crippen LogP contribution in [0.2, 0.25) is 0 Å². The lowest BCUT2D eigenvalue weighted by molar-refractivity contribution is -0.152. The fraction of sp³-hybridized carbons (Fsp3) is 0.440. The summed E-state index contributed by atoms with van der Waals surface area (Å²) in [4.78, 5) is 25.2. The van der Waals surface area contributed by atoms with Crippen LogP contribution in [0, 0.1) is 0 Å². The van der Waals surface area contributed by atoms with Gasteiger partial charge in [-0.1, -0.05) is 30.3 Å². The molecule has 1 atom stereocenters. The number of benzene rings is 2. The van der Waals surface area contributed by atoms with Crippen LogP contribution in [0.15, 0.2) is 48.5 Å². The van der Waals surface area contributed by atoms with Crippen molar-refractivity contribution in [1.82, 2.24) is 4.90 Å². The summed E-state index contributed by atoms with van der Waals surface area (Å²) in [5, 5.41) is 8.79. The van der Waals surface area contributed by atoms with Gasteiger partial charge in [0.2, 0.25) is 0 Å². The predicted molar refractivity (Wildman–Crippen MR) is 122 cm³/mol. The van der Waals surface area contributed by atoms with Gasteiger partial charge in [-0.15, -0.1) is 0 Å². The van der Waals surface area contributed by atoms with Gasteiger partial charge in [-0.05, 0) is 56.3 Å². The maximum Gasteiger partial charge on any atom is 0.306 e. The molecule has 0 heterocycles. The van der Waals surface area contributed by atoms with Gasteiger partial charge in [0.25, 0.3) is 0 Å². The van der Waals surface area contributed by atoms with Crippen LogP contribution in [0.25, 0.3) is 0 Å². The lowest BCUT2D eigenvalue weighted by Gasteiger charge is -2.22. The zero-order chi connectivity index (χ0) is 23.3. The minimum atomic E-state index is -0.565. The van der Waals surface area contributed by atoms with Crippen LogP contribution < -0.4 is 9.47 Å². The number of methoxy groups -OCH3 is 1. The highest BCUT2D eigenvalue weighted by Crippen LogP contribution is 2.22. The Balaban J connectivity index is 1.96. The van der Waals surface area contributed by atoms with E-state index < -0.39 is 18.7 Å². The summed E-state index contributed by atoms with van der Waals surface area (Å²) in [5.74, 6) is 0.729. The van der Waals surface area contributed by atoms with Crippen molar-refractivity contribution in [3.8, 4) is 11.5 Å². The Labute approximate surface area is 189 Å². The number of Topliss-reactive ketones (excluding diaryl/α,β-unsaturated/α-hetero) is 1. The molecule has 1 unspecified atom stereocenters. The average Bonchev–Trinajstić information content (AvgIpc) is 2.79. The van der Waals surface area contributed by atoms with E-state index in [1.165, 1.54) is 5.56 Å². The first-order chi connectivity index (χ1) is 15.4. The van der Waals surface area contributed by atoms with Gasteiger partial charge in [-0.2, -0.15) is 0 Å². The van der Waals surface area contributed by atoms with E-state index in [4.69, 9.17) is 19.3 Å². The number of ether oxygens (including phenoxy) is 3. The van der Waals surface area contributed by atoms with Gasteiger partial charge in [0.1, 0.15) is 30.8 Å². The van der Waals surface area contributed by atoms with Crippen molar-refractivity contribution in [2.75, 3.05) is 41.0 Å². The molecule has 0 fully saturated rings. The van der Waals surface area contributed by atoms with E-state index in [-0.39, 0.29) is 25.2 Å². The third-order valence-corrected chi connectivity index (χ3v) is 4.87. The third-order valence-electron chi connectivity index (χ3n) is 4.87. The zero-order valence-electron chi connectivity index (χ0n) is 19.1. The topological polar surface area (TPSA) is 85.3 Å². The Morgan fingerprint density at radius 2 is 1.81 bits per heavy atom. The van der Waals surface area contributed by atoms with Gasteiger partial charge in [0, 0.05) is 13.0 Å². The molecule has 2 aromatic carbocycles. The number of esters is 1. The Kier molecular flexibility index (Phi) is 10.7. The lowest BCUT2D eigenvalue weighted by atomic mass is 10.0. The van der Waals surface area contributed by atoms with Crippen molar-refractivity contribution >= 4 is 11.8 Å². The van der Waals surface area contributed by atoms with E-state index in [9.17, 15) is 9.59 Å². The van der Waals surface area contributed by atoms with E-state index in [1.807, 2.05) is 61.5 Å². The van der Waals surface area contributed by atoms with Gasteiger partial charge in [-0.3, -0.25) is 9.59 Å². The van der Waals surface area contributed by atoms with Crippen LogP contribution in [0.1, 0.15) is 24.0 Å². The molecule has 0 aliphatic carbocycles. The largest absolute Gasteiger partial charge is 0.497 e.